The van der Waals surface area contributed by atoms with Gasteiger partial charge in [0.05, 0.1) is 12.7 Å². The van der Waals surface area contributed by atoms with Crippen LogP contribution in [-0.2, 0) is 6.54 Å². The van der Waals surface area contributed by atoms with E-state index in [0.29, 0.717) is 16.3 Å². The Morgan fingerprint density at radius 3 is 2.95 bits per heavy atom. The van der Waals surface area contributed by atoms with Crippen molar-refractivity contribution in [1.82, 2.24) is 10.3 Å². The molecular weight excluding hydrogens is 344 g/mol. The van der Waals surface area contributed by atoms with Crippen molar-refractivity contribution in [2.75, 3.05) is 7.11 Å². The van der Waals surface area contributed by atoms with Gasteiger partial charge in [0.15, 0.2) is 0 Å². The van der Waals surface area contributed by atoms with E-state index < -0.39 is 0 Å². The molecule has 20 heavy (non-hydrogen) atoms. The van der Waals surface area contributed by atoms with Crippen LogP contribution >= 0.6 is 27.5 Å². The highest BCUT2D eigenvalue weighted by Gasteiger charge is 2.11. The van der Waals surface area contributed by atoms with Gasteiger partial charge in [-0.2, -0.15) is 0 Å². The average molecular weight is 356 g/mol. The number of methoxy groups -OCH3 is 1. The second-order valence-electron chi connectivity index (χ2n) is 4.00. The fraction of sp³-hybridized carbons (Fsp3) is 0.143. The van der Waals surface area contributed by atoms with E-state index in [2.05, 4.69) is 26.2 Å². The lowest BCUT2D eigenvalue weighted by Gasteiger charge is -2.11. The highest BCUT2D eigenvalue weighted by molar-refractivity contribution is 9.10. The summed E-state index contributed by atoms with van der Waals surface area (Å²) in [5.74, 6) is 0.422. The monoisotopic (exact) mass is 354 g/mol. The zero-order valence-corrected chi connectivity index (χ0v) is 13.0. The predicted molar refractivity (Wildman–Crippen MR) is 81.1 cm³/mol. The molecule has 0 bridgehead atoms. The van der Waals surface area contributed by atoms with Crippen LogP contribution < -0.4 is 10.1 Å². The molecule has 4 nitrogen and oxygen atoms in total. The van der Waals surface area contributed by atoms with Gasteiger partial charge < -0.3 is 10.1 Å². The number of amides is 1. The summed E-state index contributed by atoms with van der Waals surface area (Å²) in [6.45, 7) is 0.286. The van der Waals surface area contributed by atoms with Gasteiger partial charge in [-0.3, -0.25) is 9.78 Å². The molecule has 0 aliphatic carbocycles. The van der Waals surface area contributed by atoms with Crippen molar-refractivity contribution in [3.05, 3.63) is 57.3 Å². The van der Waals surface area contributed by atoms with E-state index in [0.717, 1.165) is 10.0 Å². The van der Waals surface area contributed by atoms with Gasteiger partial charge in [-0.15, -0.1) is 0 Å². The summed E-state index contributed by atoms with van der Waals surface area (Å²) in [6, 6.07) is 7.05. The Labute approximate surface area is 130 Å². The smallest absolute Gasteiger partial charge is 0.253 e. The number of carbonyl (C=O) groups is 1. The molecule has 0 saturated carbocycles. The topological polar surface area (TPSA) is 51.2 Å². The van der Waals surface area contributed by atoms with Crippen LogP contribution in [0.5, 0.6) is 5.75 Å². The Morgan fingerprint density at radius 1 is 1.45 bits per heavy atom. The second-order valence-corrected chi connectivity index (χ2v) is 5.32. The van der Waals surface area contributed by atoms with Crippen molar-refractivity contribution in [1.29, 1.82) is 0 Å². The summed E-state index contributed by atoms with van der Waals surface area (Å²) in [6.07, 6.45) is 3.12. The number of nitrogens with one attached hydrogen (secondary N) is 1. The maximum atomic E-state index is 12.0. The number of halogens is 2. The minimum absolute atomic E-state index is 0.222. The van der Waals surface area contributed by atoms with Gasteiger partial charge in [0.1, 0.15) is 5.75 Å². The molecule has 0 radical (unpaired) electrons. The largest absolute Gasteiger partial charge is 0.496 e. The standard InChI is InChI=1S/C14H12BrClN2O2/c1-20-13-4-2-3-12(16)11(13)8-18-14(19)9-5-10(15)7-17-6-9/h2-7H,8H2,1H3,(H,18,19). The number of hydrogen-bond donors (Lipinski definition) is 1. The zero-order valence-electron chi connectivity index (χ0n) is 10.7. The Kier molecular flexibility index (Phi) is 4.98. The average Bonchev–Trinajstić information content (AvgIpc) is 2.45. The van der Waals surface area contributed by atoms with Crippen molar-refractivity contribution >= 4 is 33.4 Å². The van der Waals surface area contributed by atoms with Crippen molar-refractivity contribution in [2.45, 2.75) is 6.54 Å². The molecule has 104 valence electrons. The maximum absolute atomic E-state index is 12.0. The molecule has 1 N–H and O–H groups in total. The number of pyridine rings is 1. The molecule has 1 aromatic heterocycles. The molecule has 0 unspecified atom stereocenters. The van der Waals surface area contributed by atoms with Crippen molar-refractivity contribution in [2.24, 2.45) is 0 Å². The van der Waals surface area contributed by atoms with Crippen LogP contribution in [0.2, 0.25) is 5.02 Å². The Hall–Kier alpha value is -1.59. The van der Waals surface area contributed by atoms with Crippen LogP contribution in [0.4, 0.5) is 0 Å². The summed E-state index contributed by atoms with van der Waals surface area (Å²) >= 11 is 9.39. The van der Waals surface area contributed by atoms with Gasteiger partial charge in [-0.25, -0.2) is 0 Å². The van der Waals surface area contributed by atoms with Crippen LogP contribution in [-0.4, -0.2) is 18.0 Å². The van der Waals surface area contributed by atoms with E-state index in [1.807, 2.05) is 0 Å². The summed E-state index contributed by atoms with van der Waals surface area (Å²) < 4.78 is 5.98. The van der Waals surface area contributed by atoms with Gasteiger partial charge in [0.25, 0.3) is 5.91 Å². The third kappa shape index (κ3) is 3.49. The predicted octanol–water partition coefficient (Wildman–Crippen LogP) is 3.44. The molecule has 6 heteroatoms. The van der Waals surface area contributed by atoms with Gasteiger partial charge in [0, 0.05) is 34.0 Å². The first kappa shape index (κ1) is 14.8. The number of ether oxygens (including phenoxy) is 1. The maximum Gasteiger partial charge on any atom is 0.253 e. The second kappa shape index (κ2) is 6.72. The lowest BCUT2D eigenvalue weighted by atomic mass is 10.2. The van der Waals surface area contributed by atoms with Gasteiger partial charge in [-0.05, 0) is 34.1 Å². The Balaban J connectivity index is 2.11. The number of hydrogen-bond acceptors (Lipinski definition) is 3. The normalized spacial score (nSPS) is 10.2. The summed E-state index contributed by atoms with van der Waals surface area (Å²) in [5.41, 5.74) is 1.22. The van der Waals surface area contributed by atoms with Crippen molar-refractivity contribution < 1.29 is 9.53 Å². The Bertz CT molecular complexity index is 634. The van der Waals surface area contributed by atoms with E-state index in [1.54, 1.807) is 37.6 Å². The third-order valence-electron chi connectivity index (χ3n) is 2.69. The molecule has 1 aromatic carbocycles. The van der Waals surface area contributed by atoms with Crippen molar-refractivity contribution in [3.8, 4) is 5.75 Å². The van der Waals surface area contributed by atoms with Crippen LogP contribution in [0.1, 0.15) is 15.9 Å². The number of nitrogens with zero attached hydrogens (tertiary/aromatic N) is 1. The van der Waals surface area contributed by atoms with E-state index in [1.165, 1.54) is 6.20 Å². The molecular formula is C14H12BrClN2O2. The Morgan fingerprint density at radius 2 is 2.25 bits per heavy atom. The molecule has 0 aliphatic heterocycles. The summed E-state index contributed by atoms with van der Waals surface area (Å²) in [5, 5.41) is 3.35. The first-order valence-electron chi connectivity index (χ1n) is 5.82. The summed E-state index contributed by atoms with van der Waals surface area (Å²) in [7, 11) is 1.56. The third-order valence-corrected chi connectivity index (χ3v) is 3.48. The quantitative estimate of drug-likeness (QED) is 0.914. The molecule has 0 aliphatic rings. The first-order valence-corrected chi connectivity index (χ1v) is 6.99. The number of aromatic nitrogens is 1. The minimum Gasteiger partial charge on any atom is -0.496 e. The number of rotatable bonds is 4. The highest BCUT2D eigenvalue weighted by atomic mass is 79.9. The zero-order chi connectivity index (χ0) is 14.5. The first-order chi connectivity index (χ1) is 9.61. The van der Waals surface area contributed by atoms with E-state index in [9.17, 15) is 4.79 Å². The fourth-order valence-electron chi connectivity index (χ4n) is 1.71. The van der Waals surface area contributed by atoms with E-state index >= 15 is 0 Å². The molecule has 0 atom stereocenters. The SMILES string of the molecule is COc1cccc(Cl)c1CNC(=O)c1cncc(Br)c1. The minimum atomic E-state index is -0.222. The molecule has 1 amide bonds. The molecule has 0 fully saturated rings. The van der Waals surface area contributed by atoms with Crippen LogP contribution in [0.25, 0.3) is 0 Å². The highest BCUT2D eigenvalue weighted by Crippen LogP contribution is 2.25. The molecule has 2 aromatic rings. The number of benzene rings is 1. The van der Waals surface area contributed by atoms with Crippen LogP contribution in [0.3, 0.4) is 0 Å². The molecule has 2 rings (SSSR count). The van der Waals surface area contributed by atoms with Crippen LogP contribution in [0, 0.1) is 0 Å². The lowest BCUT2D eigenvalue weighted by molar-refractivity contribution is 0.0950. The van der Waals surface area contributed by atoms with Crippen molar-refractivity contribution in [3.63, 3.8) is 0 Å². The molecule has 0 saturated heterocycles. The number of carbonyl (C=O) groups excluding carboxylic acids is 1. The molecule has 0 spiro atoms. The van der Waals surface area contributed by atoms with Gasteiger partial charge in [-0.1, -0.05) is 17.7 Å². The van der Waals surface area contributed by atoms with E-state index in [-0.39, 0.29) is 12.5 Å². The fourth-order valence-corrected chi connectivity index (χ4v) is 2.31. The van der Waals surface area contributed by atoms with Gasteiger partial charge in [0.2, 0.25) is 0 Å². The van der Waals surface area contributed by atoms with Crippen LogP contribution in [0.15, 0.2) is 41.1 Å². The lowest BCUT2D eigenvalue weighted by Crippen LogP contribution is -2.23. The summed E-state index contributed by atoms with van der Waals surface area (Å²) in [4.78, 5) is 16.0. The van der Waals surface area contributed by atoms with E-state index in [4.69, 9.17) is 16.3 Å². The molecule has 1 heterocycles. The van der Waals surface area contributed by atoms with Gasteiger partial charge >= 0.3 is 0 Å².